The Kier molecular flexibility index (Phi) is 4.70. The average Bonchev–Trinajstić information content (AvgIpc) is 3.42. The van der Waals surface area contributed by atoms with Gasteiger partial charge in [0.2, 0.25) is 5.95 Å². The molecule has 0 spiro atoms. The van der Waals surface area contributed by atoms with E-state index in [1.165, 1.54) is 24.1 Å². The zero-order valence-corrected chi connectivity index (χ0v) is 15.2. The summed E-state index contributed by atoms with van der Waals surface area (Å²) >= 11 is 0. The Hall–Kier alpha value is -3.41. The molecule has 0 unspecified atom stereocenters. The number of aromatic nitrogens is 4. The molecule has 0 aliphatic heterocycles. The molecule has 0 saturated heterocycles. The number of nitrogens with one attached hydrogen (secondary N) is 2. The topological polar surface area (TPSA) is 92.5 Å². The number of fused-ring (bicyclic) bond motifs is 1. The Labute approximate surface area is 157 Å². The van der Waals surface area contributed by atoms with Gasteiger partial charge in [0.15, 0.2) is 5.82 Å². The van der Waals surface area contributed by atoms with Gasteiger partial charge in [-0.1, -0.05) is 48.0 Å². The minimum atomic E-state index is 0.254. The minimum absolute atomic E-state index is 0.254. The SMILES string of the molecule is Cc1ccccc1.Nc1nc(Nc2cc(C3CC3)[nH]n2)c2ccccc2n1. The van der Waals surface area contributed by atoms with Gasteiger partial charge >= 0.3 is 0 Å². The fraction of sp³-hybridized carbons (Fsp3) is 0.190. The fourth-order valence-electron chi connectivity index (χ4n) is 2.85. The van der Waals surface area contributed by atoms with Crippen molar-refractivity contribution in [1.29, 1.82) is 0 Å². The lowest BCUT2D eigenvalue weighted by molar-refractivity contribution is 0.966. The van der Waals surface area contributed by atoms with Crippen molar-refractivity contribution in [3.63, 3.8) is 0 Å². The first-order valence-corrected chi connectivity index (χ1v) is 9.05. The van der Waals surface area contributed by atoms with Crippen molar-refractivity contribution in [2.24, 2.45) is 0 Å². The number of aryl methyl sites for hydroxylation is 1. The molecule has 1 saturated carbocycles. The van der Waals surface area contributed by atoms with Crippen LogP contribution in [0.5, 0.6) is 0 Å². The second kappa shape index (κ2) is 7.45. The van der Waals surface area contributed by atoms with E-state index in [1.807, 2.05) is 48.5 Å². The maximum Gasteiger partial charge on any atom is 0.222 e. The van der Waals surface area contributed by atoms with Crippen LogP contribution in [0.15, 0.2) is 60.7 Å². The number of nitrogens with two attached hydrogens (primary N) is 1. The van der Waals surface area contributed by atoms with Crippen molar-refractivity contribution in [2.45, 2.75) is 25.7 Å². The lowest BCUT2D eigenvalue weighted by atomic mass is 10.2. The number of nitrogen functional groups attached to an aromatic ring is 1. The summed E-state index contributed by atoms with van der Waals surface area (Å²) in [5.41, 5.74) is 9.07. The second-order valence-corrected chi connectivity index (χ2v) is 6.71. The largest absolute Gasteiger partial charge is 0.368 e. The van der Waals surface area contributed by atoms with Gasteiger partial charge < -0.3 is 11.1 Å². The Bertz CT molecular complexity index is 1040. The molecule has 2 aromatic heterocycles. The van der Waals surface area contributed by atoms with Crippen LogP contribution in [0.2, 0.25) is 0 Å². The van der Waals surface area contributed by atoms with E-state index < -0.39 is 0 Å². The van der Waals surface area contributed by atoms with E-state index >= 15 is 0 Å². The normalized spacial score (nSPS) is 13.1. The van der Waals surface area contributed by atoms with E-state index in [0.29, 0.717) is 11.7 Å². The van der Waals surface area contributed by atoms with E-state index in [9.17, 15) is 0 Å². The number of rotatable bonds is 3. The standard InChI is InChI=1S/C14H14N6.C7H8/c15-14-16-10-4-2-1-3-9(10)13(18-14)17-12-7-11(19-20-12)8-5-6-8;1-7-5-3-2-4-6-7/h1-4,7-8H,5-6H2,(H4,15,16,17,18,19,20);2-6H,1H3. The number of hydrogen-bond donors (Lipinski definition) is 3. The molecule has 6 nitrogen and oxygen atoms in total. The van der Waals surface area contributed by atoms with E-state index in [0.717, 1.165) is 16.7 Å². The van der Waals surface area contributed by atoms with Crippen LogP contribution in [0.4, 0.5) is 17.6 Å². The highest BCUT2D eigenvalue weighted by atomic mass is 15.2. The smallest absolute Gasteiger partial charge is 0.222 e. The van der Waals surface area contributed by atoms with Crippen LogP contribution in [0.25, 0.3) is 10.9 Å². The summed E-state index contributed by atoms with van der Waals surface area (Å²) in [5.74, 6) is 2.34. The molecule has 6 heteroatoms. The number of para-hydroxylation sites is 1. The summed E-state index contributed by atoms with van der Waals surface area (Å²) in [4.78, 5) is 8.49. The molecule has 2 heterocycles. The molecule has 1 aliphatic rings. The Morgan fingerprint density at radius 1 is 1.00 bits per heavy atom. The number of anilines is 3. The summed E-state index contributed by atoms with van der Waals surface area (Å²) in [6.45, 7) is 2.08. The first-order valence-electron chi connectivity index (χ1n) is 9.05. The predicted molar refractivity (Wildman–Crippen MR) is 109 cm³/mol. The third kappa shape index (κ3) is 4.23. The van der Waals surface area contributed by atoms with Gasteiger partial charge in [-0.3, -0.25) is 5.10 Å². The Morgan fingerprint density at radius 3 is 2.44 bits per heavy atom. The lowest BCUT2D eigenvalue weighted by Gasteiger charge is -2.06. The number of aromatic amines is 1. The van der Waals surface area contributed by atoms with Crippen molar-refractivity contribution in [3.8, 4) is 0 Å². The molecule has 1 aliphatic carbocycles. The first kappa shape index (κ1) is 17.0. The number of benzene rings is 2. The van der Waals surface area contributed by atoms with Crippen molar-refractivity contribution in [1.82, 2.24) is 20.2 Å². The summed E-state index contributed by atoms with van der Waals surface area (Å²) in [6.07, 6.45) is 2.48. The van der Waals surface area contributed by atoms with E-state index in [4.69, 9.17) is 5.73 Å². The van der Waals surface area contributed by atoms with Crippen LogP contribution >= 0.6 is 0 Å². The van der Waals surface area contributed by atoms with Gasteiger partial charge in [-0.15, -0.1) is 0 Å². The second-order valence-electron chi connectivity index (χ2n) is 6.71. The van der Waals surface area contributed by atoms with Crippen LogP contribution in [-0.4, -0.2) is 20.2 Å². The molecular formula is C21H22N6. The lowest BCUT2D eigenvalue weighted by Crippen LogP contribution is -2.01. The zero-order chi connectivity index (χ0) is 18.6. The summed E-state index contributed by atoms with van der Waals surface area (Å²) in [5, 5.41) is 11.5. The molecule has 0 amide bonds. The van der Waals surface area contributed by atoms with Gasteiger partial charge in [0.25, 0.3) is 0 Å². The quantitative estimate of drug-likeness (QED) is 0.499. The molecule has 1 fully saturated rings. The van der Waals surface area contributed by atoms with Gasteiger partial charge in [0, 0.05) is 23.1 Å². The van der Waals surface area contributed by atoms with Crippen LogP contribution < -0.4 is 11.1 Å². The predicted octanol–water partition coefficient (Wildman–Crippen LogP) is 4.55. The highest BCUT2D eigenvalue weighted by Gasteiger charge is 2.25. The molecule has 0 radical (unpaired) electrons. The average molecular weight is 358 g/mol. The maximum absolute atomic E-state index is 5.75. The van der Waals surface area contributed by atoms with Crippen LogP contribution in [0.3, 0.4) is 0 Å². The van der Waals surface area contributed by atoms with E-state index in [2.05, 4.69) is 44.5 Å². The molecule has 4 N–H and O–H groups in total. The van der Waals surface area contributed by atoms with Crippen LogP contribution in [-0.2, 0) is 0 Å². The van der Waals surface area contributed by atoms with Crippen molar-refractivity contribution in [3.05, 3.63) is 71.9 Å². The van der Waals surface area contributed by atoms with Gasteiger partial charge in [-0.2, -0.15) is 10.1 Å². The van der Waals surface area contributed by atoms with Crippen molar-refractivity contribution >= 4 is 28.5 Å². The van der Waals surface area contributed by atoms with Gasteiger partial charge in [-0.25, -0.2) is 4.98 Å². The molecule has 0 bridgehead atoms. The first-order chi connectivity index (χ1) is 13.2. The maximum atomic E-state index is 5.75. The molecular weight excluding hydrogens is 336 g/mol. The molecule has 4 aromatic rings. The van der Waals surface area contributed by atoms with Crippen LogP contribution in [0, 0.1) is 6.92 Å². The molecule has 2 aromatic carbocycles. The van der Waals surface area contributed by atoms with Crippen LogP contribution in [0.1, 0.15) is 30.0 Å². The summed E-state index contributed by atoms with van der Waals surface area (Å²) < 4.78 is 0. The monoisotopic (exact) mass is 358 g/mol. The highest BCUT2D eigenvalue weighted by Crippen LogP contribution is 2.39. The summed E-state index contributed by atoms with van der Waals surface area (Å²) in [6, 6.07) is 20.1. The van der Waals surface area contributed by atoms with Gasteiger partial charge in [-0.05, 0) is 31.9 Å². The van der Waals surface area contributed by atoms with E-state index in [-0.39, 0.29) is 5.95 Å². The number of H-pyrrole nitrogens is 1. The zero-order valence-electron chi connectivity index (χ0n) is 15.2. The van der Waals surface area contributed by atoms with Gasteiger partial charge in [0.05, 0.1) is 5.52 Å². The fourth-order valence-corrected chi connectivity index (χ4v) is 2.85. The van der Waals surface area contributed by atoms with Crippen molar-refractivity contribution in [2.75, 3.05) is 11.1 Å². The molecule has 136 valence electrons. The number of hydrogen-bond acceptors (Lipinski definition) is 5. The Balaban J connectivity index is 0.000000218. The third-order valence-electron chi connectivity index (χ3n) is 4.42. The third-order valence-corrected chi connectivity index (χ3v) is 4.42. The Morgan fingerprint density at radius 2 is 1.74 bits per heavy atom. The van der Waals surface area contributed by atoms with Gasteiger partial charge in [0.1, 0.15) is 5.82 Å². The highest BCUT2D eigenvalue weighted by molar-refractivity contribution is 5.91. The molecule has 27 heavy (non-hydrogen) atoms. The number of nitrogens with zero attached hydrogens (tertiary/aromatic N) is 3. The summed E-state index contributed by atoms with van der Waals surface area (Å²) in [7, 11) is 0. The molecule has 0 atom stereocenters. The van der Waals surface area contributed by atoms with Crippen molar-refractivity contribution < 1.29 is 0 Å². The molecule has 5 rings (SSSR count). The van der Waals surface area contributed by atoms with E-state index in [1.54, 1.807) is 0 Å². The minimum Gasteiger partial charge on any atom is -0.368 e.